The highest BCUT2D eigenvalue weighted by Crippen LogP contribution is 2.11. The van der Waals surface area contributed by atoms with Gasteiger partial charge in [0, 0.05) is 24.1 Å². The standard InChI is InChI=1S/C17H16FN3O3/c1-11-6-12(10-24-2)15(8-19)17(23)21(11)9-16(22)20-14-5-3-4-13(18)7-14/h3-7H,9-10H2,1-2H3,(H,20,22). The molecule has 2 rings (SSSR count). The summed E-state index contributed by atoms with van der Waals surface area (Å²) in [5.41, 5.74) is 0.687. The van der Waals surface area contributed by atoms with Crippen LogP contribution in [0.1, 0.15) is 16.8 Å². The Bertz CT molecular complexity index is 868. The highest BCUT2D eigenvalue weighted by atomic mass is 19.1. The molecule has 0 fully saturated rings. The van der Waals surface area contributed by atoms with E-state index in [1.54, 1.807) is 19.1 Å². The van der Waals surface area contributed by atoms with Crippen LogP contribution in [0.2, 0.25) is 0 Å². The molecule has 0 atom stereocenters. The first-order chi connectivity index (χ1) is 11.5. The smallest absolute Gasteiger partial charge is 0.269 e. The van der Waals surface area contributed by atoms with Crippen LogP contribution in [0, 0.1) is 24.1 Å². The van der Waals surface area contributed by atoms with E-state index in [0.29, 0.717) is 16.9 Å². The van der Waals surface area contributed by atoms with Crippen molar-refractivity contribution in [1.82, 2.24) is 4.57 Å². The molecule has 1 N–H and O–H groups in total. The molecule has 0 radical (unpaired) electrons. The molecule has 124 valence electrons. The molecule has 1 aromatic heterocycles. The van der Waals surface area contributed by atoms with Crippen LogP contribution in [-0.2, 0) is 22.7 Å². The highest BCUT2D eigenvalue weighted by Gasteiger charge is 2.15. The van der Waals surface area contributed by atoms with Crippen molar-refractivity contribution in [1.29, 1.82) is 5.26 Å². The summed E-state index contributed by atoms with van der Waals surface area (Å²) in [6.07, 6.45) is 0. The summed E-state index contributed by atoms with van der Waals surface area (Å²) in [5.74, 6) is -0.967. The first-order valence-corrected chi connectivity index (χ1v) is 7.14. The number of rotatable bonds is 5. The molecule has 7 heteroatoms. The van der Waals surface area contributed by atoms with Crippen molar-refractivity contribution in [3.05, 3.63) is 63.3 Å². The van der Waals surface area contributed by atoms with E-state index in [4.69, 9.17) is 4.74 Å². The van der Waals surface area contributed by atoms with E-state index < -0.39 is 17.3 Å². The second kappa shape index (κ2) is 7.53. The lowest BCUT2D eigenvalue weighted by Crippen LogP contribution is -2.31. The molecule has 2 aromatic rings. The number of halogens is 1. The number of ether oxygens (including phenoxy) is 1. The Morgan fingerprint density at radius 3 is 2.79 bits per heavy atom. The van der Waals surface area contributed by atoms with Gasteiger partial charge in [0.1, 0.15) is 24.0 Å². The molecule has 0 aliphatic rings. The summed E-state index contributed by atoms with van der Waals surface area (Å²) >= 11 is 0. The van der Waals surface area contributed by atoms with Gasteiger partial charge in [-0.25, -0.2) is 4.39 Å². The Hall–Kier alpha value is -2.98. The van der Waals surface area contributed by atoms with E-state index in [1.165, 1.54) is 29.9 Å². The van der Waals surface area contributed by atoms with Gasteiger partial charge < -0.3 is 14.6 Å². The number of hydrogen-bond donors (Lipinski definition) is 1. The van der Waals surface area contributed by atoms with E-state index >= 15 is 0 Å². The highest BCUT2D eigenvalue weighted by molar-refractivity contribution is 5.90. The summed E-state index contributed by atoms with van der Waals surface area (Å²) in [5, 5.41) is 11.7. The van der Waals surface area contributed by atoms with Crippen molar-refractivity contribution in [2.24, 2.45) is 0 Å². The van der Waals surface area contributed by atoms with Gasteiger partial charge in [0.2, 0.25) is 5.91 Å². The maximum Gasteiger partial charge on any atom is 0.269 e. The number of carbonyl (C=O) groups is 1. The second-order valence-electron chi connectivity index (χ2n) is 5.18. The van der Waals surface area contributed by atoms with Gasteiger partial charge in [-0.3, -0.25) is 9.59 Å². The number of nitrogens with one attached hydrogen (secondary N) is 1. The molecule has 0 aliphatic carbocycles. The first-order valence-electron chi connectivity index (χ1n) is 7.14. The zero-order chi connectivity index (χ0) is 17.7. The van der Waals surface area contributed by atoms with E-state index in [-0.39, 0.29) is 18.7 Å². The lowest BCUT2D eigenvalue weighted by molar-refractivity contribution is -0.116. The molecule has 0 bridgehead atoms. The largest absolute Gasteiger partial charge is 0.380 e. The van der Waals surface area contributed by atoms with Crippen LogP contribution in [0.3, 0.4) is 0 Å². The van der Waals surface area contributed by atoms with Crippen LogP contribution in [-0.4, -0.2) is 17.6 Å². The van der Waals surface area contributed by atoms with E-state index in [0.717, 1.165) is 0 Å². The van der Waals surface area contributed by atoms with Crippen LogP contribution in [0.4, 0.5) is 10.1 Å². The Kier molecular flexibility index (Phi) is 5.45. The second-order valence-corrected chi connectivity index (χ2v) is 5.18. The number of nitrogens with zero attached hydrogens (tertiary/aromatic N) is 2. The van der Waals surface area contributed by atoms with Gasteiger partial charge in [0.15, 0.2) is 0 Å². The monoisotopic (exact) mass is 329 g/mol. The summed E-state index contributed by atoms with van der Waals surface area (Å²) in [6.45, 7) is 1.52. The summed E-state index contributed by atoms with van der Waals surface area (Å²) in [7, 11) is 1.47. The minimum atomic E-state index is -0.557. The van der Waals surface area contributed by atoms with Crippen molar-refractivity contribution >= 4 is 11.6 Å². The third kappa shape index (κ3) is 3.86. The minimum absolute atomic E-state index is 0.0546. The molecular formula is C17H16FN3O3. The molecule has 0 spiro atoms. The fraction of sp³-hybridized carbons (Fsp3) is 0.235. The number of anilines is 1. The maximum absolute atomic E-state index is 13.1. The normalized spacial score (nSPS) is 10.2. The van der Waals surface area contributed by atoms with Crippen LogP contribution < -0.4 is 10.9 Å². The molecule has 6 nitrogen and oxygen atoms in total. The van der Waals surface area contributed by atoms with Gasteiger partial charge in [0.05, 0.1) is 6.61 Å². The number of aromatic nitrogens is 1. The number of nitriles is 1. The minimum Gasteiger partial charge on any atom is -0.380 e. The van der Waals surface area contributed by atoms with Gasteiger partial charge in [-0.15, -0.1) is 0 Å². The van der Waals surface area contributed by atoms with Crippen LogP contribution in [0.5, 0.6) is 0 Å². The van der Waals surface area contributed by atoms with Crippen molar-refractivity contribution in [2.75, 3.05) is 12.4 Å². The summed E-state index contributed by atoms with van der Waals surface area (Å²) in [4.78, 5) is 24.5. The molecule has 0 saturated heterocycles. The zero-order valence-corrected chi connectivity index (χ0v) is 13.3. The molecule has 1 aromatic carbocycles. The molecule has 1 amide bonds. The fourth-order valence-electron chi connectivity index (χ4n) is 2.33. The van der Waals surface area contributed by atoms with Gasteiger partial charge in [-0.2, -0.15) is 5.26 Å². The lowest BCUT2D eigenvalue weighted by atomic mass is 10.1. The number of benzene rings is 1. The zero-order valence-electron chi connectivity index (χ0n) is 13.3. The first kappa shape index (κ1) is 17.4. The summed E-state index contributed by atoms with van der Waals surface area (Å²) in [6, 6.07) is 8.94. The lowest BCUT2D eigenvalue weighted by Gasteiger charge is -2.13. The Morgan fingerprint density at radius 1 is 1.42 bits per heavy atom. The topological polar surface area (TPSA) is 84.1 Å². The summed E-state index contributed by atoms with van der Waals surface area (Å²) < 4.78 is 19.3. The third-order valence-corrected chi connectivity index (χ3v) is 3.41. The van der Waals surface area contributed by atoms with Gasteiger partial charge in [0.25, 0.3) is 5.56 Å². The van der Waals surface area contributed by atoms with E-state index in [1.807, 2.05) is 6.07 Å². The molecule has 1 heterocycles. The SMILES string of the molecule is COCc1cc(C)n(CC(=O)Nc2cccc(F)c2)c(=O)c1C#N. The average Bonchev–Trinajstić information content (AvgIpc) is 2.52. The van der Waals surface area contributed by atoms with Crippen molar-refractivity contribution in [3.8, 4) is 6.07 Å². The predicted octanol–water partition coefficient (Wildman–Crippen LogP) is 1.95. The van der Waals surface area contributed by atoms with Gasteiger partial charge in [-0.1, -0.05) is 6.07 Å². The quantitative estimate of drug-likeness (QED) is 0.909. The van der Waals surface area contributed by atoms with Crippen LogP contribution in [0.15, 0.2) is 35.1 Å². The third-order valence-electron chi connectivity index (χ3n) is 3.41. The number of hydrogen-bond acceptors (Lipinski definition) is 4. The van der Waals surface area contributed by atoms with Gasteiger partial charge in [-0.05, 0) is 31.2 Å². The molecule has 24 heavy (non-hydrogen) atoms. The van der Waals surface area contributed by atoms with Crippen LogP contribution >= 0.6 is 0 Å². The molecule has 0 saturated carbocycles. The maximum atomic E-state index is 13.1. The number of methoxy groups -OCH3 is 1. The average molecular weight is 329 g/mol. The van der Waals surface area contributed by atoms with Gasteiger partial charge >= 0.3 is 0 Å². The molecule has 0 aliphatic heterocycles. The van der Waals surface area contributed by atoms with Crippen molar-refractivity contribution in [3.63, 3.8) is 0 Å². The van der Waals surface area contributed by atoms with Crippen molar-refractivity contribution in [2.45, 2.75) is 20.1 Å². The van der Waals surface area contributed by atoms with Crippen molar-refractivity contribution < 1.29 is 13.9 Å². The number of aryl methyl sites for hydroxylation is 1. The Balaban J connectivity index is 2.28. The number of pyridine rings is 1. The van der Waals surface area contributed by atoms with E-state index in [2.05, 4.69) is 5.32 Å². The fourth-order valence-corrected chi connectivity index (χ4v) is 2.33. The molecular weight excluding hydrogens is 313 g/mol. The number of amides is 1. The van der Waals surface area contributed by atoms with E-state index in [9.17, 15) is 19.2 Å². The molecule has 0 unspecified atom stereocenters. The van der Waals surface area contributed by atoms with Crippen LogP contribution in [0.25, 0.3) is 0 Å². The Morgan fingerprint density at radius 2 is 2.17 bits per heavy atom. The number of carbonyl (C=O) groups excluding carboxylic acids is 1. The Labute approximate surface area is 138 Å². The predicted molar refractivity (Wildman–Crippen MR) is 85.9 cm³/mol.